The molecule has 0 spiro atoms. The van der Waals surface area contributed by atoms with Crippen LogP contribution in [0.5, 0.6) is 0 Å². The first-order valence-electron chi connectivity index (χ1n) is 12.1. The Morgan fingerprint density at radius 3 is 2.47 bits per heavy atom. The third-order valence-corrected chi connectivity index (χ3v) is 8.45. The summed E-state index contributed by atoms with van der Waals surface area (Å²) in [5.74, 6) is 0.226. The van der Waals surface area contributed by atoms with Crippen molar-refractivity contribution < 1.29 is 29.2 Å². The van der Waals surface area contributed by atoms with Gasteiger partial charge in [-0.05, 0) is 84.0 Å². The molecule has 0 bridgehead atoms. The van der Waals surface area contributed by atoms with Gasteiger partial charge in [-0.25, -0.2) is 4.79 Å². The predicted molar refractivity (Wildman–Crippen MR) is 123 cm³/mol. The summed E-state index contributed by atoms with van der Waals surface area (Å²) >= 11 is 0. The number of allylic oxidation sites excluding steroid dienone is 2. The summed E-state index contributed by atoms with van der Waals surface area (Å²) in [4.78, 5) is 12.3. The molecule has 6 heteroatoms. The molecule has 1 aliphatic heterocycles. The van der Waals surface area contributed by atoms with Gasteiger partial charge >= 0.3 is 5.97 Å². The van der Waals surface area contributed by atoms with Crippen LogP contribution in [0.3, 0.4) is 0 Å². The van der Waals surface area contributed by atoms with Crippen LogP contribution in [0.4, 0.5) is 0 Å². The van der Waals surface area contributed by atoms with Gasteiger partial charge in [-0.1, -0.05) is 31.6 Å². The average molecular weight is 451 g/mol. The highest BCUT2D eigenvalue weighted by Crippen LogP contribution is 2.57. The number of aliphatic hydroxyl groups is 2. The molecule has 0 aromatic heterocycles. The van der Waals surface area contributed by atoms with Crippen LogP contribution in [-0.2, 0) is 19.0 Å². The number of carbonyl (C=O) groups excluding carboxylic acids is 1. The molecule has 1 saturated heterocycles. The number of ether oxygens (including phenoxy) is 3. The van der Waals surface area contributed by atoms with Gasteiger partial charge < -0.3 is 24.4 Å². The Labute approximate surface area is 193 Å². The summed E-state index contributed by atoms with van der Waals surface area (Å²) in [6.07, 6.45) is 2.92. The first-order chi connectivity index (χ1) is 14.9. The van der Waals surface area contributed by atoms with E-state index in [2.05, 4.69) is 27.4 Å². The summed E-state index contributed by atoms with van der Waals surface area (Å²) in [5, 5.41) is 21.6. The molecule has 32 heavy (non-hydrogen) atoms. The van der Waals surface area contributed by atoms with E-state index < -0.39 is 42.3 Å². The molecule has 1 heterocycles. The fourth-order valence-electron chi connectivity index (χ4n) is 6.09. The van der Waals surface area contributed by atoms with Crippen molar-refractivity contribution in [2.45, 2.75) is 116 Å². The summed E-state index contributed by atoms with van der Waals surface area (Å²) in [7, 11) is 0. The monoisotopic (exact) mass is 450 g/mol. The Balaban J connectivity index is 1.81. The van der Waals surface area contributed by atoms with Gasteiger partial charge in [-0.2, -0.15) is 0 Å². The van der Waals surface area contributed by atoms with Crippen molar-refractivity contribution in [3.63, 3.8) is 0 Å². The normalized spacial score (nSPS) is 45.1. The lowest BCUT2D eigenvalue weighted by Crippen LogP contribution is -2.62. The fraction of sp³-hybridized carbons (Fsp3) is 0.808. The zero-order chi connectivity index (χ0) is 23.8. The van der Waals surface area contributed by atoms with E-state index in [4.69, 9.17) is 14.2 Å². The molecule has 3 fully saturated rings. The van der Waals surface area contributed by atoms with E-state index >= 15 is 0 Å². The summed E-state index contributed by atoms with van der Waals surface area (Å²) < 4.78 is 18.0. The molecule has 0 radical (unpaired) electrons. The van der Waals surface area contributed by atoms with Crippen LogP contribution in [0.15, 0.2) is 23.8 Å². The smallest absolute Gasteiger partial charge is 0.333 e. The molecule has 3 rings (SSSR count). The standard InChI is InChI=1S/C26H42O6/c1-8-16(4)23(29)31-22-20(27)17(5)30-24(21(22)28)32-26(7)12-9-11-25(6)13-10-18(15(2)3)14-19(25)26/h8,17-22,24,27-28H,2,9-14H2,1,3-7H3. The number of rotatable bonds is 5. The predicted octanol–water partition coefficient (Wildman–Crippen LogP) is 4.29. The highest BCUT2D eigenvalue weighted by atomic mass is 16.7. The molecule has 6 nitrogen and oxygen atoms in total. The molecule has 2 aliphatic carbocycles. The summed E-state index contributed by atoms with van der Waals surface area (Å²) in [6, 6.07) is 0. The van der Waals surface area contributed by atoms with Crippen LogP contribution in [0.2, 0.25) is 0 Å². The molecule has 3 aliphatic rings. The maximum Gasteiger partial charge on any atom is 0.333 e. The minimum Gasteiger partial charge on any atom is -0.453 e. The first-order valence-corrected chi connectivity index (χ1v) is 12.1. The van der Waals surface area contributed by atoms with Crippen molar-refractivity contribution in [3.8, 4) is 0 Å². The van der Waals surface area contributed by atoms with Gasteiger partial charge in [0, 0.05) is 5.57 Å². The molecule has 0 aromatic carbocycles. The number of carbonyl (C=O) groups is 1. The third-order valence-electron chi connectivity index (χ3n) is 8.45. The molecule has 2 N–H and O–H groups in total. The first kappa shape index (κ1) is 25.4. The van der Waals surface area contributed by atoms with Gasteiger partial charge in [0.2, 0.25) is 0 Å². The minimum atomic E-state index is -1.28. The largest absolute Gasteiger partial charge is 0.453 e. The van der Waals surface area contributed by atoms with Crippen molar-refractivity contribution in [2.75, 3.05) is 0 Å². The van der Waals surface area contributed by atoms with E-state index in [9.17, 15) is 15.0 Å². The van der Waals surface area contributed by atoms with Gasteiger partial charge in [0.15, 0.2) is 12.4 Å². The fourth-order valence-corrected chi connectivity index (χ4v) is 6.09. The van der Waals surface area contributed by atoms with Gasteiger partial charge in [0.1, 0.15) is 12.2 Å². The van der Waals surface area contributed by atoms with Crippen LogP contribution in [0.1, 0.15) is 80.1 Å². The zero-order valence-corrected chi connectivity index (χ0v) is 20.6. The SMILES string of the molecule is C=C(C)C1CCC2(C)CCCC(C)(OC3OC(C)C(O)C(OC(=O)C(C)=CC)C3O)C2C1. The third kappa shape index (κ3) is 4.84. The lowest BCUT2D eigenvalue weighted by Gasteiger charge is -2.57. The Hall–Kier alpha value is -1.21. The van der Waals surface area contributed by atoms with Gasteiger partial charge in [-0.15, -0.1) is 0 Å². The maximum absolute atomic E-state index is 12.3. The van der Waals surface area contributed by atoms with Crippen LogP contribution in [0.25, 0.3) is 0 Å². The second-order valence-corrected chi connectivity index (χ2v) is 10.8. The average Bonchev–Trinajstić information content (AvgIpc) is 2.73. The molecule has 2 saturated carbocycles. The highest BCUT2D eigenvalue weighted by Gasteiger charge is 2.55. The van der Waals surface area contributed by atoms with Crippen LogP contribution in [-0.4, -0.2) is 52.5 Å². The quantitative estimate of drug-likeness (QED) is 0.369. The highest BCUT2D eigenvalue weighted by molar-refractivity contribution is 5.87. The number of hydrogen-bond acceptors (Lipinski definition) is 6. The number of hydrogen-bond donors (Lipinski definition) is 2. The van der Waals surface area contributed by atoms with Crippen LogP contribution in [0, 0.1) is 17.3 Å². The Morgan fingerprint density at radius 2 is 1.84 bits per heavy atom. The molecule has 9 unspecified atom stereocenters. The topological polar surface area (TPSA) is 85.2 Å². The Bertz CT molecular complexity index is 747. The van der Waals surface area contributed by atoms with Gasteiger partial charge in [0.05, 0.1) is 11.7 Å². The van der Waals surface area contributed by atoms with Crippen molar-refractivity contribution in [3.05, 3.63) is 23.8 Å². The van der Waals surface area contributed by atoms with Crippen molar-refractivity contribution >= 4 is 5.97 Å². The van der Waals surface area contributed by atoms with Crippen LogP contribution >= 0.6 is 0 Å². The molecule has 9 atom stereocenters. The van der Waals surface area contributed by atoms with E-state index in [1.54, 1.807) is 26.8 Å². The lowest BCUT2D eigenvalue weighted by atomic mass is 9.53. The van der Waals surface area contributed by atoms with E-state index in [0.29, 0.717) is 17.4 Å². The number of esters is 1. The van der Waals surface area contributed by atoms with Crippen molar-refractivity contribution in [1.82, 2.24) is 0 Å². The second kappa shape index (κ2) is 9.57. The maximum atomic E-state index is 12.3. The van der Waals surface area contributed by atoms with Crippen molar-refractivity contribution in [2.24, 2.45) is 17.3 Å². The molecular formula is C26H42O6. The summed E-state index contributed by atoms with van der Waals surface area (Å²) in [5.41, 5.74) is 1.34. The number of aliphatic hydroxyl groups excluding tert-OH is 2. The lowest BCUT2D eigenvalue weighted by molar-refractivity contribution is -0.335. The minimum absolute atomic E-state index is 0.179. The zero-order valence-electron chi connectivity index (χ0n) is 20.6. The van der Waals surface area contributed by atoms with Crippen LogP contribution < -0.4 is 0 Å². The second-order valence-electron chi connectivity index (χ2n) is 10.8. The summed E-state index contributed by atoms with van der Waals surface area (Å²) in [6.45, 7) is 15.9. The Kier molecular flexibility index (Phi) is 7.60. The molecule has 0 amide bonds. The number of fused-ring (bicyclic) bond motifs is 1. The molecular weight excluding hydrogens is 408 g/mol. The van der Waals surface area contributed by atoms with Gasteiger partial charge in [-0.3, -0.25) is 0 Å². The molecule has 182 valence electrons. The van der Waals surface area contributed by atoms with Crippen molar-refractivity contribution in [1.29, 1.82) is 0 Å². The molecule has 0 aromatic rings. The van der Waals surface area contributed by atoms with E-state index in [-0.39, 0.29) is 5.41 Å². The Morgan fingerprint density at radius 1 is 1.16 bits per heavy atom. The van der Waals surface area contributed by atoms with Gasteiger partial charge in [0.25, 0.3) is 0 Å². The van der Waals surface area contributed by atoms with E-state index in [0.717, 1.165) is 32.1 Å². The van der Waals surface area contributed by atoms with E-state index in [1.807, 2.05) is 0 Å². The van der Waals surface area contributed by atoms with E-state index in [1.165, 1.54) is 12.0 Å².